The molecule has 0 saturated heterocycles. The first-order valence-corrected chi connectivity index (χ1v) is 8.18. The Morgan fingerprint density at radius 2 is 2.00 bits per heavy atom. The topological polar surface area (TPSA) is 0 Å². The van der Waals surface area contributed by atoms with Crippen molar-refractivity contribution in [3.8, 4) is 0 Å². The Hall–Kier alpha value is -1.56. The summed E-state index contributed by atoms with van der Waals surface area (Å²) in [6, 6.07) is 0. The number of fused-ring (bicyclic) bond motifs is 1. The molecule has 1 fully saturated rings. The Labute approximate surface area is 130 Å². The van der Waals surface area contributed by atoms with Crippen molar-refractivity contribution in [2.75, 3.05) is 0 Å². The van der Waals surface area contributed by atoms with Crippen molar-refractivity contribution in [1.82, 2.24) is 0 Å². The van der Waals surface area contributed by atoms with Gasteiger partial charge in [0, 0.05) is 5.92 Å². The lowest BCUT2D eigenvalue weighted by molar-refractivity contribution is 0.384. The highest BCUT2D eigenvalue weighted by Gasteiger charge is 2.36. The number of allylic oxidation sites excluding steroid dienone is 11. The average Bonchev–Trinajstić information content (AvgIpc) is 2.40. The molecule has 0 heterocycles. The number of hydrogen-bond acceptors (Lipinski definition) is 0. The molecule has 2 unspecified atom stereocenters. The third-order valence-electron chi connectivity index (χ3n) is 4.51. The molecule has 0 nitrogen and oxygen atoms in total. The van der Waals surface area contributed by atoms with E-state index in [4.69, 9.17) is 0 Å². The minimum atomic E-state index is 0.705. The molecule has 0 radical (unpaired) electrons. The van der Waals surface area contributed by atoms with Crippen LogP contribution in [0.4, 0.5) is 0 Å². The summed E-state index contributed by atoms with van der Waals surface area (Å²) < 4.78 is 0. The molecule has 0 bridgehead atoms. The standard InChI is InChI=1S/C21H28/c1-5-7-8-9-10-11-17-15-18(14-16(3)4)20-12-13-21(20)19(17)6-2/h5-12,16,18,21H,1,13-15H2,2-4H3/b8-7-,10-9-,17-11-,19-6+. The minimum Gasteiger partial charge on any atom is -0.0991 e. The molecule has 0 aliphatic heterocycles. The summed E-state index contributed by atoms with van der Waals surface area (Å²) in [7, 11) is 0. The zero-order chi connectivity index (χ0) is 15.2. The highest BCUT2D eigenvalue weighted by molar-refractivity contribution is 5.48. The van der Waals surface area contributed by atoms with Crippen LogP contribution >= 0.6 is 0 Å². The van der Waals surface area contributed by atoms with Crippen LogP contribution in [-0.4, -0.2) is 0 Å². The third-order valence-corrected chi connectivity index (χ3v) is 4.51. The molecule has 112 valence electrons. The van der Waals surface area contributed by atoms with Gasteiger partial charge >= 0.3 is 0 Å². The van der Waals surface area contributed by atoms with Gasteiger partial charge in [0.2, 0.25) is 0 Å². The first-order valence-electron chi connectivity index (χ1n) is 8.18. The fourth-order valence-electron chi connectivity index (χ4n) is 3.57. The van der Waals surface area contributed by atoms with E-state index < -0.39 is 0 Å². The minimum absolute atomic E-state index is 0.705. The second-order valence-electron chi connectivity index (χ2n) is 6.46. The number of hydrogen-bond donors (Lipinski definition) is 0. The summed E-state index contributed by atoms with van der Waals surface area (Å²) in [5.41, 5.74) is 4.81. The van der Waals surface area contributed by atoms with Crippen LogP contribution in [-0.2, 0) is 0 Å². The van der Waals surface area contributed by atoms with Crippen molar-refractivity contribution >= 4 is 0 Å². The summed E-state index contributed by atoms with van der Waals surface area (Å²) in [6.07, 6.45) is 20.9. The fourth-order valence-corrected chi connectivity index (χ4v) is 3.57. The molecule has 0 aromatic carbocycles. The summed E-state index contributed by atoms with van der Waals surface area (Å²) in [4.78, 5) is 0. The van der Waals surface area contributed by atoms with Crippen LogP contribution in [0.15, 0.2) is 71.9 Å². The molecule has 2 aliphatic carbocycles. The van der Waals surface area contributed by atoms with E-state index in [0.717, 1.165) is 11.8 Å². The van der Waals surface area contributed by atoms with Crippen LogP contribution in [0, 0.1) is 17.8 Å². The van der Waals surface area contributed by atoms with E-state index >= 15 is 0 Å². The molecule has 0 aromatic heterocycles. The van der Waals surface area contributed by atoms with Gasteiger partial charge in [-0.2, -0.15) is 0 Å². The van der Waals surface area contributed by atoms with Gasteiger partial charge in [-0.1, -0.05) is 74.6 Å². The molecule has 2 atom stereocenters. The van der Waals surface area contributed by atoms with Gasteiger partial charge in [0.05, 0.1) is 0 Å². The fraction of sp³-hybridized carbons (Fsp3) is 0.429. The zero-order valence-electron chi connectivity index (χ0n) is 13.7. The average molecular weight is 280 g/mol. The summed E-state index contributed by atoms with van der Waals surface area (Å²) in [5, 5.41) is 0. The van der Waals surface area contributed by atoms with Gasteiger partial charge in [0.15, 0.2) is 0 Å². The summed E-state index contributed by atoms with van der Waals surface area (Å²) >= 11 is 0. The Morgan fingerprint density at radius 1 is 1.24 bits per heavy atom. The molecule has 0 spiro atoms. The molecular weight excluding hydrogens is 252 g/mol. The number of rotatable bonds is 5. The van der Waals surface area contributed by atoms with Crippen molar-refractivity contribution in [2.45, 2.75) is 40.0 Å². The molecule has 0 amide bonds. The van der Waals surface area contributed by atoms with Gasteiger partial charge in [-0.05, 0) is 49.2 Å². The van der Waals surface area contributed by atoms with Gasteiger partial charge in [-0.3, -0.25) is 0 Å². The lowest BCUT2D eigenvalue weighted by atomic mass is 9.62. The van der Waals surface area contributed by atoms with Crippen LogP contribution in [0.5, 0.6) is 0 Å². The molecule has 1 saturated carbocycles. The van der Waals surface area contributed by atoms with Crippen LogP contribution in [0.25, 0.3) is 0 Å². The van der Waals surface area contributed by atoms with Gasteiger partial charge in [0.25, 0.3) is 0 Å². The van der Waals surface area contributed by atoms with Crippen molar-refractivity contribution in [3.05, 3.63) is 71.9 Å². The monoisotopic (exact) mass is 280 g/mol. The maximum absolute atomic E-state index is 3.69. The SMILES string of the molecule is C=C\C=C/C=C\C=C1\CC(CC(C)C)C2=CCC2\C1=C\C. The Bertz CT molecular complexity index is 520. The largest absolute Gasteiger partial charge is 0.0991 e. The summed E-state index contributed by atoms with van der Waals surface area (Å²) in [6.45, 7) is 10.5. The molecule has 21 heavy (non-hydrogen) atoms. The van der Waals surface area contributed by atoms with Crippen molar-refractivity contribution < 1.29 is 0 Å². The predicted molar refractivity (Wildman–Crippen MR) is 94.1 cm³/mol. The molecule has 0 heteroatoms. The van der Waals surface area contributed by atoms with Gasteiger partial charge in [-0.25, -0.2) is 0 Å². The smallest absolute Gasteiger partial charge is 0.00851 e. The van der Waals surface area contributed by atoms with Crippen LogP contribution < -0.4 is 0 Å². The van der Waals surface area contributed by atoms with E-state index in [0.29, 0.717) is 5.92 Å². The van der Waals surface area contributed by atoms with E-state index in [1.165, 1.54) is 24.8 Å². The Balaban J connectivity index is 2.17. The molecular formula is C21H28. The van der Waals surface area contributed by atoms with Crippen LogP contribution in [0.2, 0.25) is 0 Å². The first-order chi connectivity index (χ1) is 10.2. The van der Waals surface area contributed by atoms with E-state index in [2.05, 4.69) is 57.7 Å². The van der Waals surface area contributed by atoms with Crippen molar-refractivity contribution in [3.63, 3.8) is 0 Å². The van der Waals surface area contributed by atoms with E-state index in [9.17, 15) is 0 Å². The second-order valence-corrected chi connectivity index (χ2v) is 6.46. The lowest BCUT2D eigenvalue weighted by Gasteiger charge is -2.42. The van der Waals surface area contributed by atoms with E-state index in [-0.39, 0.29) is 0 Å². The second kappa shape index (κ2) is 7.45. The lowest BCUT2D eigenvalue weighted by Crippen LogP contribution is -2.29. The van der Waals surface area contributed by atoms with Crippen molar-refractivity contribution in [1.29, 1.82) is 0 Å². The first kappa shape index (κ1) is 15.8. The maximum Gasteiger partial charge on any atom is 0.00851 e. The highest BCUT2D eigenvalue weighted by atomic mass is 14.4. The van der Waals surface area contributed by atoms with E-state index in [1.807, 2.05) is 12.2 Å². The van der Waals surface area contributed by atoms with Gasteiger partial charge < -0.3 is 0 Å². The molecule has 2 aliphatic rings. The van der Waals surface area contributed by atoms with Gasteiger partial charge in [-0.15, -0.1) is 0 Å². The molecule has 0 aromatic rings. The summed E-state index contributed by atoms with van der Waals surface area (Å²) in [5.74, 6) is 2.24. The molecule has 2 rings (SSSR count). The maximum atomic E-state index is 3.69. The van der Waals surface area contributed by atoms with Gasteiger partial charge in [0.1, 0.15) is 0 Å². The van der Waals surface area contributed by atoms with E-state index in [1.54, 1.807) is 17.2 Å². The normalized spacial score (nSPS) is 29.2. The third kappa shape index (κ3) is 3.75. The Kier molecular flexibility index (Phi) is 5.61. The van der Waals surface area contributed by atoms with Crippen LogP contribution in [0.3, 0.4) is 0 Å². The van der Waals surface area contributed by atoms with Crippen molar-refractivity contribution in [2.24, 2.45) is 17.8 Å². The Morgan fingerprint density at radius 3 is 2.57 bits per heavy atom. The zero-order valence-corrected chi connectivity index (χ0v) is 13.7. The molecule has 0 N–H and O–H groups in total. The quantitative estimate of drug-likeness (QED) is 0.417. The van der Waals surface area contributed by atoms with Crippen LogP contribution in [0.1, 0.15) is 40.0 Å². The highest BCUT2D eigenvalue weighted by Crippen LogP contribution is 2.50. The predicted octanol–water partition coefficient (Wildman–Crippen LogP) is 6.17.